The SMILES string of the molecule is CC1CCC(C(=O)Nc2cc(-c3cccc(NCC4CCOCC4)c3)ccn2)CN1. The van der Waals surface area contributed by atoms with E-state index in [1.165, 1.54) is 0 Å². The minimum Gasteiger partial charge on any atom is -0.385 e. The van der Waals surface area contributed by atoms with Gasteiger partial charge in [0, 0.05) is 44.2 Å². The number of aromatic nitrogens is 1. The number of amides is 1. The zero-order valence-corrected chi connectivity index (χ0v) is 17.7. The van der Waals surface area contributed by atoms with Crippen LogP contribution >= 0.6 is 0 Å². The van der Waals surface area contributed by atoms with E-state index in [0.29, 0.717) is 17.8 Å². The number of hydrogen-bond acceptors (Lipinski definition) is 5. The summed E-state index contributed by atoms with van der Waals surface area (Å²) in [5.74, 6) is 1.33. The van der Waals surface area contributed by atoms with Crippen LogP contribution in [0.4, 0.5) is 11.5 Å². The van der Waals surface area contributed by atoms with Crippen molar-refractivity contribution in [1.29, 1.82) is 0 Å². The zero-order chi connectivity index (χ0) is 20.8. The van der Waals surface area contributed by atoms with E-state index in [2.05, 4.69) is 52.1 Å². The molecular weight excluding hydrogens is 376 g/mol. The minimum atomic E-state index is 0.00405. The van der Waals surface area contributed by atoms with Crippen LogP contribution in [-0.4, -0.2) is 43.2 Å². The second kappa shape index (κ2) is 10.0. The van der Waals surface area contributed by atoms with Gasteiger partial charge in [0.05, 0.1) is 5.92 Å². The second-order valence-electron chi connectivity index (χ2n) is 8.52. The molecule has 3 heterocycles. The molecule has 0 spiro atoms. The first-order valence-electron chi connectivity index (χ1n) is 11.1. The topological polar surface area (TPSA) is 75.3 Å². The van der Waals surface area contributed by atoms with Crippen molar-refractivity contribution in [3.05, 3.63) is 42.6 Å². The summed E-state index contributed by atoms with van der Waals surface area (Å²) in [5, 5.41) is 9.95. The number of ether oxygens (including phenoxy) is 1. The van der Waals surface area contributed by atoms with Crippen LogP contribution in [0.5, 0.6) is 0 Å². The van der Waals surface area contributed by atoms with Gasteiger partial charge < -0.3 is 20.7 Å². The Hall–Kier alpha value is -2.44. The van der Waals surface area contributed by atoms with Crippen molar-refractivity contribution in [3.63, 3.8) is 0 Å². The van der Waals surface area contributed by atoms with Gasteiger partial charge >= 0.3 is 0 Å². The molecule has 4 rings (SSSR count). The molecule has 6 nitrogen and oxygen atoms in total. The molecule has 3 N–H and O–H groups in total. The molecule has 1 aromatic heterocycles. The highest BCUT2D eigenvalue weighted by Crippen LogP contribution is 2.25. The van der Waals surface area contributed by atoms with Crippen LogP contribution < -0.4 is 16.0 Å². The summed E-state index contributed by atoms with van der Waals surface area (Å²) in [6, 6.07) is 12.8. The molecule has 2 fully saturated rings. The first-order valence-corrected chi connectivity index (χ1v) is 11.1. The largest absolute Gasteiger partial charge is 0.385 e. The minimum absolute atomic E-state index is 0.00405. The number of carbonyl (C=O) groups is 1. The summed E-state index contributed by atoms with van der Waals surface area (Å²) in [6.07, 6.45) is 5.94. The summed E-state index contributed by atoms with van der Waals surface area (Å²) in [5.41, 5.74) is 3.27. The number of hydrogen-bond donors (Lipinski definition) is 3. The third-order valence-electron chi connectivity index (χ3n) is 6.17. The van der Waals surface area contributed by atoms with Crippen molar-refractivity contribution in [3.8, 4) is 11.1 Å². The van der Waals surface area contributed by atoms with E-state index in [-0.39, 0.29) is 11.8 Å². The lowest BCUT2D eigenvalue weighted by Gasteiger charge is -2.26. The summed E-state index contributed by atoms with van der Waals surface area (Å²) < 4.78 is 5.44. The standard InChI is InChI=1S/C24H32N4O2/c1-17-5-6-21(16-26-17)24(29)28-23-14-20(7-10-25-23)19-3-2-4-22(13-19)27-15-18-8-11-30-12-9-18/h2-4,7,10,13-14,17-18,21,26-27H,5-6,8-9,11-12,15-16H2,1H3,(H,25,28,29). The van der Waals surface area contributed by atoms with Crippen molar-refractivity contribution in [2.24, 2.45) is 11.8 Å². The third kappa shape index (κ3) is 5.58. The molecule has 1 aromatic carbocycles. The summed E-state index contributed by atoms with van der Waals surface area (Å²) in [7, 11) is 0. The highest BCUT2D eigenvalue weighted by molar-refractivity contribution is 5.92. The Balaban J connectivity index is 1.38. The maximum Gasteiger partial charge on any atom is 0.229 e. The molecule has 6 heteroatoms. The van der Waals surface area contributed by atoms with Crippen LogP contribution in [0.1, 0.15) is 32.6 Å². The van der Waals surface area contributed by atoms with Gasteiger partial charge in [-0.3, -0.25) is 4.79 Å². The fraction of sp³-hybridized carbons (Fsp3) is 0.500. The Kier molecular flexibility index (Phi) is 6.97. The number of rotatable bonds is 6. The molecule has 0 bridgehead atoms. The van der Waals surface area contributed by atoms with Gasteiger partial charge in [-0.15, -0.1) is 0 Å². The van der Waals surface area contributed by atoms with E-state index in [0.717, 1.165) is 68.8 Å². The number of nitrogens with zero attached hydrogens (tertiary/aromatic N) is 1. The molecule has 160 valence electrons. The lowest BCUT2D eigenvalue weighted by Crippen LogP contribution is -2.41. The average Bonchev–Trinajstić information content (AvgIpc) is 2.79. The van der Waals surface area contributed by atoms with Gasteiger partial charge in [0.15, 0.2) is 0 Å². The Morgan fingerprint density at radius 3 is 2.77 bits per heavy atom. The molecule has 2 saturated heterocycles. The van der Waals surface area contributed by atoms with Crippen LogP contribution in [0.25, 0.3) is 11.1 Å². The van der Waals surface area contributed by atoms with Gasteiger partial charge in [-0.2, -0.15) is 0 Å². The fourth-order valence-electron chi connectivity index (χ4n) is 4.15. The van der Waals surface area contributed by atoms with Gasteiger partial charge in [-0.25, -0.2) is 4.98 Å². The van der Waals surface area contributed by atoms with Gasteiger partial charge in [0.1, 0.15) is 5.82 Å². The molecule has 0 saturated carbocycles. The molecule has 30 heavy (non-hydrogen) atoms. The van der Waals surface area contributed by atoms with Crippen LogP contribution in [0, 0.1) is 11.8 Å². The van der Waals surface area contributed by atoms with Crippen molar-refractivity contribution in [1.82, 2.24) is 10.3 Å². The summed E-state index contributed by atoms with van der Waals surface area (Å²) in [4.78, 5) is 17.0. The normalized spacial score (nSPS) is 22.4. The Morgan fingerprint density at radius 2 is 1.97 bits per heavy atom. The quantitative estimate of drug-likeness (QED) is 0.676. The van der Waals surface area contributed by atoms with E-state index in [4.69, 9.17) is 4.74 Å². The predicted molar refractivity (Wildman–Crippen MR) is 121 cm³/mol. The molecule has 2 aliphatic heterocycles. The van der Waals surface area contributed by atoms with Crippen LogP contribution in [0.3, 0.4) is 0 Å². The van der Waals surface area contributed by atoms with Gasteiger partial charge in [-0.05, 0) is 73.9 Å². The maximum absolute atomic E-state index is 12.6. The van der Waals surface area contributed by atoms with Crippen molar-refractivity contribution in [2.45, 2.75) is 38.6 Å². The van der Waals surface area contributed by atoms with Crippen LogP contribution in [-0.2, 0) is 9.53 Å². The van der Waals surface area contributed by atoms with E-state index < -0.39 is 0 Å². The van der Waals surface area contributed by atoms with Crippen LogP contribution in [0.15, 0.2) is 42.6 Å². The molecular formula is C24H32N4O2. The smallest absolute Gasteiger partial charge is 0.229 e. The van der Waals surface area contributed by atoms with Gasteiger partial charge in [0.25, 0.3) is 0 Å². The number of piperidine rings is 1. The lowest BCUT2D eigenvalue weighted by molar-refractivity contribution is -0.120. The number of nitrogens with one attached hydrogen (secondary N) is 3. The Labute approximate surface area is 178 Å². The highest BCUT2D eigenvalue weighted by atomic mass is 16.5. The summed E-state index contributed by atoms with van der Waals surface area (Å²) >= 11 is 0. The molecule has 0 radical (unpaired) electrons. The predicted octanol–water partition coefficient (Wildman–Crippen LogP) is 3.91. The highest BCUT2D eigenvalue weighted by Gasteiger charge is 2.24. The first-order chi connectivity index (χ1) is 14.7. The molecule has 2 atom stereocenters. The van der Waals surface area contributed by atoms with Crippen molar-refractivity contribution in [2.75, 3.05) is 36.9 Å². The average molecular weight is 409 g/mol. The fourth-order valence-corrected chi connectivity index (χ4v) is 4.15. The van der Waals surface area contributed by atoms with E-state index in [9.17, 15) is 4.79 Å². The van der Waals surface area contributed by atoms with E-state index in [1.54, 1.807) is 6.20 Å². The van der Waals surface area contributed by atoms with Gasteiger partial charge in [0.2, 0.25) is 5.91 Å². The van der Waals surface area contributed by atoms with Crippen molar-refractivity contribution < 1.29 is 9.53 Å². The molecule has 2 aromatic rings. The summed E-state index contributed by atoms with van der Waals surface area (Å²) in [6.45, 7) is 5.60. The maximum atomic E-state index is 12.6. The number of carbonyl (C=O) groups excluding carboxylic acids is 1. The molecule has 1 amide bonds. The number of benzene rings is 1. The first kappa shape index (κ1) is 20.8. The van der Waals surface area contributed by atoms with Crippen LogP contribution in [0.2, 0.25) is 0 Å². The Morgan fingerprint density at radius 1 is 1.13 bits per heavy atom. The van der Waals surface area contributed by atoms with Gasteiger partial charge in [-0.1, -0.05) is 12.1 Å². The number of pyridine rings is 1. The number of anilines is 2. The lowest BCUT2D eigenvalue weighted by atomic mass is 9.95. The van der Waals surface area contributed by atoms with Crippen molar-refractivity contribution >= 4 is 17.4 Å². The Bertz CT molecular complexity index is 843. The monoisotopic (exact) mass is 408 g/mol. The molecule has 0 aliphatic carbocycles. The second-order valence-corrected chi connectivity index (χ2v) is 8.52. The third-order valence-corrected chi connectivity index (χ3v) is 6.17. The van der Waals surface area contributed by atoms with E-state index >= 15 is 0 Å². The molecule has 2 aliphatic rings. The molecule has 2 unspecified atom stereocenters. The van der Waals surface area contributed by atoms with E-state index in [1.807, 2.05) is 12.1 Å². The zero-order valence-electron chi connectivity index (χ0n) is 17.7.